The number of fused-ring (bicyclic) bond motifs is 2. The Hall–Kier alpha value is -2.33. The lowest BCUT2D eigenvalue weighted by Crippen LogP contribution is -2.24. The van der Waals surface area contributed by atoms with Gasteiger partial charge in [0.25, 0.3) is 6.01 Å². The van der Waals surface area contributed by atoms with E-state index in [-0.39, 0.29) is 0 Å². The van der Waals surface area contributed by atoms with Crippen LogP contribution in [0.2, 0.25) is 0 Å². The molecule has 0 saturated heterocycles. The summed E-state index contributed by atoms with van der Waals surface area (Å²) in [6.45, 7) is 1.94. The molecule has 0 unspecified atom stereocenters. The third kappa shape index (κ3) is 1.94. The van der Waals surface area contributed by atoms with Crippen LogP contribution < -0.4 is 10.6 Å². The lowest BCUT2D eigenvalue weighted by atomic mass is 9.99. The Labute approximate surface area is 116 Å². The second kappa shape index (κ2) is 4.65. The molecule has 20 heavy (non-hydrogen) atoms. The lowest BCUT2D eigenvalue weighted by Gasteiger charge is -2.20. The molecule has 2 aromatic carbocycles. The van der Waals surface area contributed by atoms with Crippen LogP contribution in [-0.2, 0) is 13.0 Å². The van der Waals surface area contributed by atoms with Crippen molar-refractivity contribution >= 4 is 22.8 Å². The molecule has 100 valence electrons. The number of hydrogen-bond donors (Lipinski definition) is 2. The molecule has 0 saturated carbocycles. The van der Waals surface area contributed by atoms with Gasteiger partial charge in [-0.05, 0) is 42.3 Å². The highest BCUT2D eigenvalue weighted by atomic mass is 16.4. The fourth-order valence-electron chi connectivity index (χ4n) is 2.69. The summed E-state index contributed by atoms with van der Waals surface area (Å²) in [7, 11) is 0. The van der Waals surface area contributed by atoms with E-state index in [0.29, 0.717) is 6.01 Å². The molecule has 4 nitrogen and oxygen atoms in total. The van der Waals surface area contributed by atoms with Crippen LogP contribution >= 0.6 is 0 Å². The Morgan fingerprint density at radius 2 is 2.05 bits per heavy atom. The van der Waals surface area contributed by atoms with Gasteiger partial charge in [0.05, 0.1) is 0 Å². The minimum Gasteiger partial charge on any atom is -0.423 e. The van der Waals surface area contributed by atoms with Crippen LogP contribution in [0, 0.1) is 0 Å². The molecule has 0 spiro atoms. The van der Waals surface area contributed by atoms with Crippen molar-refractivity contribution in [3.05, 3.63) is 53.6 Å². The minimum atomic E-state index is 0.554. The highest BCUT2D eigenvalue weighted by molar-refractivity contribution is 5.75. The van der Waals surface area contributed by atoms with Crippen molar-refractivity contribution in [1.82, 2.24) is 10.3 Å². The molecule has 1 aliphatic heterocycles. The normalized spacial score (nSPS) is 14.2. The van der Waals surface area contributed by atoms with E-state index in [0.717, 1.165) is 36.3 Å². The Kier molecular flexibility index (Phi) is 2.67. The molecule has 2 heterocycles. The molecule has 0 fully saturated rings. The first-order valence-electron chi connectivity index (χ1n) is 6.84. The largest absolute Gasteiger partial charge is 0.423 e. The summed E-state index contributed by atoms with van der Waals surface area (Å²) in [6, 6.07) is 14.7. The van der Waals surface area contributed by atoms with Gasteiger partial charge in [-0.25, -0.2) is 0 Å². The summed E-state index contributed by atoms with van der Waals surface area (Å²) < 4.78 is 5.73. The molecule has 3 aromatic rings. The van der Waals surface area contributed by atoms with Gasteiger partial charge in [-0.2, -0.15) is 4.98 Å². The summed E-state index contributed by atoms with van der Waals surface area (Å²) in [5.41, 5.74) is 5.48. The fraction of sp³-hybridized carbons (Fsp3) is 0.188. The number of rotatable bonds is 2. The minimum absolute atomic E-state index is 0.554. The SMILES string of the molecule is c1cc2c(c(Nc3nc4ccccc4o3)c1)CCNC2. The van der Waals surface area contributed by atoms with Crippen LogP contribution in [-0.4, -0.2) is 11.5 Å². The number of hydrogen-bond acceptors (Lipinski definition) is 4. The zero-order chi connectivity index (χ0) is 13.4. The van der Waals surface area contributed by atoms with Crippen LogP contribution in [0.1, 0.15) is 11.1 Å². The molecule has 0 amide bonds. The van der Waals surface area contributed by atoms with Gasteiger partial charge < -0.3 is 15.1 Å². The second-order valence-corrected chi connectivity index (χ2v) is 4.98. The lowest BCUT2D eigenvalue weighted by molar-refractivity contribution is 0.620. The van der Waals surface area contributed by atoms with Gasteiger partial charge in [-0.1, -0.05) is 24.3 Å². The number of anilines is 2. The van der Waals surface area contributed by atoms with Crippen LogP contribution in [0.25, 0.3) is 11.1 Å². The molecule has 2 N–H and O–H groups in total. The summed E-state index contributed by atoms with van der Waals surface area (Å²) in [5.74, 6) is 0. The standard InChI is InChI=1S/C16H15N3O/c1-2-7-15-14(5-1)19-16(20-15)18-13-6-3-4-11-10-17-9-8-12(11)13/h1-7,17H,8-10H2,(H,18,19). The van der Waals surface area contributed by atoms with Crippen molar-refractivity contribution in [2.45, 2.75) is 13.0 Å². The maximum absolute atomic E-state index is 5.73. The van der Waals surface area contributed by atoms with Crippen LogP contribution in [0.3, 0.4) is 0 Å². The number of nitrogens with one attached hydrogen (secondary N) is 2. The van der Waals surface area contributed by atoms with Crippen LogP contribution in [0.4, 0.5) is 11.7 Å². The zero-order valence-electron chi connectivity index (χ0n) is 11.0. The number of oxazole rings is 1. The molecule has 0 atom stereocenters. The molecule has 0 radical (unpaired) electrons. The van der Waals surface area contributed by atoms with Crippen molar-refractivity contribution in [3.63, 3.8) is 0 Å². The Morgan fingerprint density at radius 3 is 3.00 bits per heavy atom. The van der Waals surface area contributed by atoms with E-state index in [1.54, 1.807) is 0 Å². The van der Waals surface area contributed by atoms with E-state index in [4.69, 9.17) is 4.42 Å². The van der Waals surface area contributed by atoms with Gasteiger partial charge in [0, 0.05) is 12.2 Å². The maximum Gasteiger partial charge on any atom is 0.300 e. The Morgan fingerprint density at radius 1 is 1.10 bits per heavy atom. The van der Waals surface area contributed by atoms with Gasteiger partial charge in [0.2, 0.25) is 0 Å². The summed E-state index contributed by atoms with van der Waals surface area (Å²) in [5, 5.41) is 6.70. The number of benzene rings is 2. The molecule has 4 heteroatoms. The first-order chi connectivity index (χ1) is 9.90. The third-order valence-corrected chi connectivity index (χ3v) is 3.68. The molecule has 1 aromatic heterocycles. The summed E-state index contributed by atoms with van der Waals surface area (Å²) in [4.78, 5) is 4.46. The van der Waals surface area contributed by atoms with Gasteiger partial charge in [-0.3, -0.25) is 0 Å². The van der Waals surface area contributed by atoms with E-state index < -0.39 is 0 Å². The van der Waals surface area contributed by atoms with Gasteiger partial charge >= 0.3 is 0 Å². The topological polar surface area (TPSA) is 50.1 Å². The molecule has 0 aliphatic carbocycles. The number of aromatic nitrogens is 1. The predicted octanol–water partition coefficient (Wildman–Crippen LogP) is 3.22. The van der Waals surface area contributed by atoms with E-state index in [9.17, 15) is 0 Å². The van der Waals surface area contributed by atoms with E-state index in [1.807, 2.05) is 24.3 Å². The molecule has 1 aliphatic rings. The van der Waals surface area contributed by atoms with Crippen molar-refractivity contribution in [2.75, 3.05) is 11.9 Å². The van der Waals surface area contributed by atoms with Crippen molar-refractivity contribution < 1.29 is 4.42 Å². The quantitative estimate of drug-likeness (QED) is 0.747. The van der Waals surface area contributed by atoms with Crippen molar-refractivity contribution in [1.29, 1.82) is 0 Å². The first-order valence-corrected chi connectivity index (χ1v) is 6.84. The number of nitrogens with zero attached hydrogens (tertiary/aromatic N) is 1. The van der Waals surface area contributed by atoms with Gasteiger partial charge in [0.15, 0.2) is 5.58 Å². The maximum atomic E-state index is 5.73. The molecule has 4 rings (SSSR count). The first kappa shape index (κ1) is 11.5. The summed E-state index contributed by atoms with van der Waals surface area (Å²) in [6.07, 6.45) is 1.03. The molecule has 0 bridgehead atoms. The van der Waals surface area contributed by atoms with Crippen molar-refractivity contribution in [2.24, 2.45) is 0 Å². The molecular weight excluding hydrogens is 250 g/mol. The average Bonchev–Trinajstić information content (AvgIpc) is 2.90. The highest BCUT2D eigenvalue weighted by Crippen LogP contribution is 2.27. The van der Waals surface area contributed by atoms with E-state index in [2.05, 4.69) is 33.8 Å². The van der Waals surface area contributed by atoms with Gasteiger partial charge in [-0.15, -0.1) is 0 Å². The van der Waals surface area contributed by atoms with E-state index >= 15 is 0 Å². The predicted molar refractivity (Wildman–Crippen MR) is 79.1 cm³/mol. The van der Waals surface area contributed by atoms with Crippen molar-refractivity contribution in [3.8, 4) is 0 Å². The second-order valence-electron chi connectivity index (χ2n) is 4.98. The van der Waals surface area contributed by atoms with Crippen LogP contribution in [0.5, 0.6) is 0 Å². The average molecular weight is 265 g/mol. The summed E-state index contributed by atoms with van der Waals surface area (Å²) >= 11 is 0. The smallest absolute Gasteiger partial charge is 0.300 e. The van der Waals surface area contributed by atoms with E-state index in [1.165, 1.54) is 11.1 Å². The Bertz CT molecular complexity index is 730. The third-order valence-electron chi connectivity index (χ3n) is 3.68. The zero-order valence-corrected chi connectivity index (χ0v) is 11.0. The van der Waals surface area contributed by atoms with Gasteiger partial charge in [0.1, 0.15) is 5.52 Å². The highest BCUT2D eigenvalue weighted by Gasteiger charge is 2.14. The monoisotopic (exact) mass is 265 g/mol. The fourth-order valence-corrected chi connectivity index (χ4v) is 2.69. The van der Waals surface area contributed by atoms with Crippen LogP contribution in [0.15, 0.2) is 46.9 Å². The Balaban J connectivity index is 1.72. The number of para-hydroxylation sites is 2. The molecular formula is C16H15N3O.